The Morgan fingerprint density at radius 2 is 1.69 bits per heavy atom. The first-order chi connectivity index (χ1) is 21.9. The number of aromatic nitrogens is 5. The molecule has 7 rings (SSSR count). The second-order valence-electron chi connectivity index (χ2n) is 13.0. The molecule has 13 heteroatoms. The van der Waals surface area contributed by atoms with Crippen LogP contribution in [0.2, 0.25) is 0 Å². The van der Waals surface area contributed by atoms with E-state index >= 15 is 0 Å². The van der Waals surface area contributed by atoms with Gasteiger partial charge in [0.05, 0.1) is 34.5 Å². The zero-order chi connectivity index (χ0) is 30.8. The maximum Gasteiger partial charge on any atom is 0.256 e. The molecule has 3 aliphatic carbocycles. The number of carbonyl (C=O) groups is 1. The zero-order valence-corrected chi connectivity index (χ0v) is 26.5. The molecule has 3 saturated carbocycles. The molecule has 0 atom stereocenters. The molecule has 4 aliphatic rings. The molecule has 12 nitrogen and oxygen atoms in total. The third-order valence-electron chi connectivity index (χ3n) is 9.45. The van der Waals surface area contributed by atoms with Crippen molar-refractivity contribution >= 4 is 33.1 Å². The van der Waals surface area contributed by atoms with E-state index < -0.39 is 10.0 Å². The molecule has 0 aromatic carbocycles. The summed E-state index contributed by atoms with van der Waals surface area (Å²) < 4.78 is 26.1. The average molecular weight is 634 g/mol. The summed E-state index contributed by atoms with van der Waals surface area (Å²) in [4.78, 5) is 29.2. The largest absolute Gasteiger partial charge is 0.382 e. The van der Waals surface area contributed by atoms with Gasteiger partial charge in [0.2, 0.25) is 0 Å². The van der Waals surface area contributed by atoms with Gasteiger partial charge in [-0.1, -0.05) is 6.42 Å². The Hall–Kier alpha value is -3.42. The lowest BCUT2D eigenvalue weighted by Gasteiger charge is -2.32. The van der Waals surface area contributed by atoms with Gasteiger partial charge in [0, 0.05) is 49.6 Å². The predicted octanol–water partition coefficient (Wildman–Crippen LogP) is 4.21. The minimum Gasteiger partial charge on any atom is -0.382 e. The lowest BCUT2D eigenvalue weighted by atomic mass is 9.90. The van der Waals surface area contributed by atoms with Crippen molar-refractivity contribution in [2.45, 2.75) is 88.0 Å². The fourth-order valence-electron chi connectivity index (χ4n) is 6.45. The van der Waals surface area contributed by atoms with Crippen molar-refractivity contribution in [3.05, 3.63) is 42.5 Å². The molecular weight excluding hydrogens is 590 g/mol. The number of pyridine rings is 1. The van der Waals surface area contributed by atoms with E-state index in [1.165, 1.54) is 44.7 Å². The van der Waals surface area contributed by atoms with Crippen molar-refractivity contribution in [1.29, 1.82) is 0 Å². The fraction of sp³-hybridized carbons (Fsp3) is 0.594. The molecule has 0 spiro atoms. The van der Waals surface area contributed by atoms with Crippen molar-refractivity contribution in [3.63, 3.8) is 0 Å². The van der Waals surface area contributed by atoms with Crippen LogP contribution in [0, 0.1) is 5.92 Å². The topological polar surface area (TPSA) is 147 Å². The first-order valence-electron chi connectivity index (χ1n) is 16.6. The van der Waals surface area contributed by atoms with Gasteiger partial charge in [-0.15, -0.1) is 0 Å². The second kappa shape index (κ2) is 13.1. The first-order valence-corrected chi connectivity index (χ1v) is 18.1. The summed E-state index contributed by atoms with van der Waals surface area (Å²) in [5.41, 5.74) is 1.98. The molecule has 240 valence electrons. The monoisotopic (exact) mass is 633 g/mol. The number of likely N-dealkylation sites (tertiary alicyclic amines) is 1. The summed E-state index contributed by atoms with van der Waals surface area (Å²) in [5, 5.41) is 14.4. The Morgan fingerprint density at radius 1 is 0.911 bits per heavy atom. The molecule has 3 aromatic heterocycles. The second-order valence-corrected chi connectivity index (χ2v) is 15.1. The standard InChI is InChI=1S/C32H43N9O3S/c42-31(22-4-5-22)27-20-35-30(18-28(27)37-25-8-6-24(7-9-25)33-14-17-40-15-2-1-3-16-40)38-29-12-13-34-32(39-29)23-19-36-41(21-23)45(43,44)26-10-11-26/h12-13,18-22,24-26,33H,1-11,14-17H2,(H2,34,35,37,38,39). The Balaban J connectivity index is 0.998. The number of carbonyl (C=O) groups excluding carboxylic acids is 1. The minimum atomic E-state index is -3.47. The summed E-state index contributed by atoms with van der Waals surface area (Å²) >= 11 is 0. The SMILES string of the molecule is O=C(c1cnc(Nc2ccnc(-c3cnn(S(=O)(=O)C4CC4)c3)n2)cc1NC1CCC(NCCN2CCCCC2)CC1)C1CC1. The normalized spacial score (nSPS) is 22.7. The average Bonchev–Trinajstić information content (AvgIpc) is 4.00. The highest BCUT2D eigenvalue weighted by atomic mass is 32.2. The lowest BCUT2D eigenvalue weighted by molar-refractivity contribution is 0.0968. The van der Waals surface area contributed by atoms with Crippen LogP contribution in [0.1, 0.15) is 81.0 Å². The number of ketones is 1. The van der Waals surface area contributed by atoms with E-state index in [1.54, 1.807) is 18.5 Å². The van der Waals surface area contributed by atoms with Crippen LogP contribution >= 0.6 is 0 Å². The number of hydrogen-bond donors (Lipinski definition) is 3. The number of nitrogens with one attached hydrogen (secondary N) is 3. The molecule has 0 amide bonds. The third kappa shape index (κ3) is 7.36. The Bertz CT molecular complexity index is 1610. The van der Waals surface area contributed by atoms with Crippen LogP contribution < -0.4 is 16.0 Å². The van der Waals surface area contributed by atoms with Gasteiger partial charge in [-0.25, -0.2) is 23.4 Å². The Kier molecular flexibility index (Phi) is 8.83. The summed E-state index contributed by atoms with van der Waals surface area (Å²) in [6.45, 7) is 4.66. The highest BCUT2D eigenvalue weighted by Gasteiger charge is 2.38. The molecule has 4 fully saturated rings. The van der Waals surface area contributed by atoms with Crippen molar-refractivity contribution in [1.82, 2.24) is 34.4 Å². The van der Waals surface area contributed by atoms with E-state index in [9.17, 15) is 13.2 Å². The molecule has 0 bridgehead atoms. The molecular formula is C32H43N9O3S. The predicted molar refractivity (Wildman–Crippen MR) is 173 cm³/mol. The maximum atomic E-state index is 13.2. The van der Waals surface area contributed by atoms with E-state index in [-0.39, 0.29) is 17.0 Å². The van der Waals surface area contributed by atoms with Crippen LogP contribution in [0.4, 0.5) is 17.3 Å². The minimum absolute atomic E-state index is 0.0973. The van der Waals surface area contributed by atoms with Gasteiger partial charge in [-0.2, -0.15) is 9.19 Å². The Morgan fingerprint density at radius 3 is 2.44 bits per heavy atom. The van der Waals surface area contributed by atoms with Gasteiger partial charge < -0.3 is 20.9 Å². The molecule has 3 N–H and O–H groups in total. The summed E-state index contributed by atoms with van der Waals surface area (Å²) in [7, 11) is -3.47. The molecule has 1 aliphatic heterocycles. The van der Waals surface area contributed by atoms with Crippen molar-refractivity contribution in [3.8, 4) is 11.4 Å². The number of nitrogens with zero attached hydrogens (tertiary/aromatic N) is 6. The molecule has 0 radical (unpaired) electrons. The van der Waals surface area contributed by atoms with Crippen LogP contribution in [0.25, 0.3) is 11.4 Å². The lowest BCUT2D eigenvalue weighted by Crippen LogP contribution is -2.42. The number of hydrogen-bond acceptors (Lipinski definition) is 11. The van der Waals surface area contributed by atoms with Crippen molar-refractivity contribution < 1.29 is 13.2 Å². The van der Waals surface area contributed by atoms with E-state index in [2.05, 4.69) is 40.9 Å². The summed E-state index contributed by atoms with van der Waals surface area (Å²) in [6, 6.07) is 4.47. The van der Waals surface area contributed by atoms with Crippen LogP contribution in [0.15, 0.2) is 36.9 Å². The van der Waals surface area contributed by atoms with E-state index in [0.717, 1.165) is 61.4 Å². The van der Waals surface area contributed by atoms with E-state index in [0.29, 0.717) is 53.5 Å². The summed E-state index contributed by atoms with van der Waals surface area (Å²) in [5.74, 6) is 1.69. The first kappa shape index (κ1) is 30.2. The van der Waals surface area contributed by atoms with Crippen LogP contribution in [0.3, 0.4) is 0 Å². The van der Waals surface area contributed by atoms with Gasteiger partial charge in [0.25, 0.3) is 10.0 Å². The number of piperidine rings is 1. The third-order valence-corrected chi connectivity index (χ3v) is 11.5. The van der Waals surface area contributed by atoms with Crippen LogP contribution in [-0.4, -0.2) is 86.8 Å². The molecule has 3 aromatic rings. The van der Waals surface area contributed by atoms with Crippen LogP contribution in [0.5, 0.6) is 0 Å². The van der Waals surface area contributed by atoms with E-state index in [4.69, 9.17) is 0 Å². The molecule has 45 heavy (non-hydrogen) atoms. The van der Waals surface area contributed by atoms with E-state index in [1.807, 2.05) is 6.07 Å². The highest BCUT2D eigenvalue weighted by molar-refractivity contribution is 7.90. The van der Waals surface area contributed by atoms with Gasteiger partial charge in [0.1, 0.15) is 11.6 Å². The van der Waals surface area contributed by atoms with Gasteiger partial charge in [-0.3, -0.25) is 4.79 Å². The molecule has 4 heterocycles. The quantitative estimate of drug-likeness (QED) is 0.233. The van der Waals surface area contributed by atoms with Gasteiger partial charge in [-0.05, 0) is 83.4 Å². The maximum absolute atomic E-state index is 13.2. The van der Waals surface area contributed by atoms with Crippen LogP contribution in [-0.2, 0) is 10.0 Å². The zero-order valence-electron chi connectivity index (χ0n) is 25.7. The fourth-order valence-corrected chi connectivity index (χ4v) is 7.93. The number of anilines is 3. The Labute approximate surface area is 264 Å². The summed E-state index contributed by atoms with van der Waals surface area (Å²) in [6.07, 6.45) is 17.8. The van der Waals surface area contributed by atoms with Gasteiger partial charge >= 0.3 is 0 Å². The number of rotatable bonds is 13. The smallest absolute Gasteiger partial charge is 0.256 e. The number of Topliss-reactive ketones (excluding diaryl/α,β-unsaturated/α-hetero) is 1. The van der Waals surface area contributed by atoms with Crippen molar-refractivity contribution in [2.75, 3.05) is 36.8 Å². The highest BCUT2D eigenvalue weighted by Crippen LogP contribution is 2.36. The van der Waals surface area contributed by atoms with Crippen molar-refractivity contribution in [2.24, 2.45) is 5.92 Å². The van der Waals surface area contributed by atoms with Gasteiger partial charge in [0.15, 0.2) is 11.6 Å². The molecule has 1 saturated heterocycles. The molecule has 0 unspecified atom stereocenters.